The number of halogens is 4. The number of hydrogen-bond acceptors (Lipinski definition) is 4. The van der Waals surface area contributed by atoms with Gasteiger partial charge in [0, 0.05) is 6.07 Å². The predicted molar refractivity (Wildman–Crippen MR) is 92.3 cm³/mol. The molecule has 0 aliphatic carbocycles. The SMILES string of the molecule is CCC(Oc1ccc(Oc2ccc(C(F)(F)F)c(Cl)c2)cc1C(=O)O)C(=O)O. The summed E-state index contributed by atoms with van der Waals surface area (Å²) in [5.74, 6) is -2.88. The van der Waals surface area contributed by atoms with Gasteiger partial charge in [-0.15, -0.1) is 0 Å². The van der Waals surface area contributed by atoms with Crippen molar-refractivity contribution in [3.05, 3.63) is 52.5 Å². The Bertz CT molecular complexity index is 897. The molecule has 2 aromatic carbocycles. The van der Waals surface area contributed by atoms with Gasteiger partial charge in [0.1, 0.15) is 22.8 Å². The molecule has 1 unspecified atom stereocenters. The normalized spacial score (nSPS) is 12.3. The number of benzene rings is 2. The van der Waals surface area contributed by atoms with E-state index in [-0.39, 0.29) is 29.2 Å². The molecule has 0 aliphatic heterocycles. The summed E-state index contributed by atoms with van der Waals surface area (Å²) in [7, 11) is 0. The van der Waals surface area contributed by atoms with Gasteiger partial charge in [-0.25, -0.2) is 9.59 Å². The molecule has 0 heterocycles. The number of ether oxygens (including phenoxy) is 2. The highest BCUT2D eigenvalue weighted by atomic mass is 35.5. The maximum atomic E-state index is 12.7. The first-order chi connectivity index (χ1) is 13.0. The van der Waals surface area contributed by atoms with Crippen LogP contribution in [0.5, 0.6) is 17.2 Å². The van der Waals surface area contributed by atoms with Crippen molar-refractivity contribution in [2.75, 3.05) is 0 Å². The molecular formula is C18H14ClF3O6. The summed E-state index contributed by atoms with van der Waals surface area (Å²) < 4.78 is 48.8. The van der Waals surface area contributed by atoms with Gasteiger partial charge in [-0.05, 0) is 36.8 Å². The molecule has 0 spiro atoms. The van der Waals surface area contributed by atoms with Crippen LogP contribution in [0.25, 0.3) is 0 Å². The van der Waals surface area contributed by atoms with Gasteiger partial charge in [0.25, 0.3) is 0 Å². The van der Waals surface area contributed by atoms with E-state index in [1.165, 1.54) is 12.1 Å². The van der Waals surface area contributed by atoms with Crippen molar-refractivity contribution in [2.45, 2.75) is 25.6 Å². The van der Waals surface area contributed by atoms with Crippen LogP contribution in [0.15, 0.2) is 36.4 Å². The molecule has 150 valence electrons. The minimum atomic E-state index is -4.62. The number of carboxylic acid groups (broad SMARTS) is 2. The third kappa shape index (κ3) is 5.07. The van der Waals surface area contributed by atoms with Gasteiger partial charge in [-0.2, -0.15) is 13.2 Å². The average molecular weight is 419 g/mol. The maximum Gasteiger partial charge on any atom is 0.417 e. The molecule has 0 saturated heterocycles. The Kier molecular flexibility index (Phi) is 6.40. The average Bonchev–Trinajstić information content (AvgIpc) is 2.59. The summed E-state index contributed by atoms with van der Waals surface area (Å²) in [5.41, 5.74) is -1.40. The molecule has 2 aromatic rings. The number of carboxylic acids is 2. The number of rotatable bonds is 7. The van der Waals surface area contributed by atoms with Gasteiger partial charge < -0.3 is 19.7 Å². The summed E-state index contributed by atoms with van der Waals surface area (Å²) in [5, 5.41) is 17.8. The zero-order valence-corrected chi connectivity index (χ0v) is 15.0. The molecule has 0 radical (unpaired) electrons. The Labute approximate surface area is 162 Å². The van der Waals surface area contributed by atoms with Crippen LogP contribution in [0.3, 0.4) is 0 Å². The molecule has 28 heavy (non-hydrogen) atoms. The summed E-state index contributed by atoms with van der Waals surface area (Å²) in [6.07, 6.45) is -5.75. The Hall–Kier alpha value is -2.94. The Morgan fingerprint density at radius 3 is 2.21 bits per heavy atom. The lowest BCUT2D eigenvalue weighted by atomic mass is 10.1. The fourth-order valence-corrected chi connectivity index (χ4v) is 2.51. The molecular weight excluding hydrogens is 405 g/mol. The van der Waals surface area contributed by atoms with Gasteiger partial charge in [0.2, 0.25) is 0 Å². The first-order valence-electron chi connectivity index (χ1n) is 7.84. The summed E-state index contributed by atoms with van der Waals surface area (Å²) in [6, 6.07) is 6.30. The monoisotopic (exact) mass is 418 g/mol. The lowest BCUT2D eigenvalue weighted by Crippen LogP contribution is -2.26. The molecule has 0 saturated carbocycles. The van der Waals surface area contributed by atoms with Crippen molar-refractivity contribution in [2.24, 2.45) is 0 Å². The molecule has 0 fully saturated rings. The van der Waals surface area contributed by atoms with Crippen molar-refractivity contribution in [3.63, 3.8) is 0 Å². The van der Waals surface area contributed by atoms with Gasteiger partial charge >= 0.3 is 18.1 Å². The Morgan fingerprint density at radius 2 is 1.71 bits per heavy atom. The molecule has 0 aliphatic rings. The van der Waals surface area contributed by atoms with Gasteiger partial charge in [-0.3, -0.25) is 0 Å². The lowest BCUT2D eigenvalue weighted by Gasteiger charge is -2.16. The summed E-state index contributed by atoms with van der Waals surface area (Å²) in [6.45, 7) is 1.56. The second-order valence-corrected chi connectivity index (χ2v) is 5.96. The fraction of sp³-hybridized carbons (Fsp3) is 0.222. The highest BCUT2D eigenvalue weighted by Crippen LogP contribution is 2.37. The third-order valence-electron chi connectivity index (χ3n) is 3.58. The number of carbonyl (C=O) groups is 2. The first-order valence-corrected chi connectivity index (χ1v) is 8.22. The van der Waals surface area contributed by atoms with Gasteiger partial charge in [0.05, 0.1) is 10.6 Å². The zero-order chi connectivity index (χ0) is 21.1. The Balaban J connectivity index is 2.30. The topological polar surface area (TPSA) is 93.1 Å². The van der Waals surface area contributed by atoms with Crippen LogP contribution in [-0.4, -0.2) is 28.3 Å². The maximum absolute atomic E-state index is 12.7. The summed E-state index contributed by atoms with van der Waals surface area (Å²) >= 11 is 5.62. The molecule has 0 aromatic heterocycles. The van der Waals surface area contributed by atoms with E-state index in [1.807, 2.05) is 0 Å². The van der Waals surface area contributed by atoms with Crippen LogP contribution in [0, 0.1) is 0 Å². The number of alkyl halides is 3. The minimum Gasteiger partial charge on any atom is -0.479 e. The molecule has 10 heteroatoms. The highest BCUT2D eigenvalue weighted by Gasteiger charge is 2.33. The lowest BCUT2D eigenvalue weighted by molar-refractivity contribution is -0.145. The van der Waals surface area contributed by atoms with Gasteiger partial charge in [-0.1, -0.05) is 18.5 Å². The summed E-state index contributed by atoms with van der Waals surface area (Å²) in [4.78, 5) is 22.5. The van der Waals surface area contributed by atoms with Crippen LogP contribution in [0.4, 0.5) is 13.2 Å². The molecule has 1 atom stereocenters. The number of hydrogen-bond donors (Lipinski definition) is 2. The van der Waals surface area contributed by atoms with E-state index < -0.39 is 34.8 Å². The largest absolute Gasteiger partial charge is 0.479 e. The number of aliphatic carboxylic acids is 1. The van der Waals surface area contributed by atoms with Crippen molar-refractivity contribution in [3.8, 4) is 17.2 Å². The van der Waals surface area contributed by atoms with Crippen LogP contribution in [-0.2, 0) is 11.0 Å². The smallest absolute Gasteiger partial charge is 0.417 e. The number of aromatic carboxylic acids is 1. The second-order valence-electron chi connectivity index (χ2n) is 5.56. The van der Waals surface area contributed by atoms with E-state index in [9.17, 15) is 27.9 Å². The van der Waals surface area contributed by atoms with Crippen molar-refractivity contribution in [1.29, 1.82) is 0 Å². The van der Waals surface area contributed by atoms with Crippen LogP contribution in [0.1, 0.15) is 29.3 Å². The predicted octanol–water partition coefficient (Wildman–Crippen LogP) is 5.09. The first kappa shape index (κ1) is 21.4. The van der Waals surface area contributed by atoms with Crippen molar-refractivity contribution >= 4 is 23.5 Å². The van der Waals surface area contributed by atoms with E-state index in [1.54, 1.807) is 6.92 Å². The van der Waals surface area contributed by atoms with Gasteiger partial charge in [0.15, 0.2) is 6.10 Å². The van der Waals surface area contributed by atoms with Crippen molar-refractivity contribution in [1.82, 2.24) is 0 Å². The van der Waals surface area contributed by atoms with Crippen LogP contribution >= 0.6 is 11.6 Å². The Morgan fingerprint density at radius 1 is 1.11 bits per heavy atom. The quantitative estimate of drug-likeness (QED) is 0.650. The van der Waals surface area contributed by atoms with E-state index in [2.05, 4.69) is 0 Å². The standard InChI is InChI=1S/C18H14ClF3O6/c1-2-14(17(25)26)28-15-6-4-9(7-11(15)16(23)24)27-10-3-5-12(13(19)8-10)18(20,21)22/h3-8,14H,2H2,1H3,(H,23,24)(H,25,26). The molecule has 2 N–H and O–H groups in total. The molecule has 2 rings (SSSR count). The van der Waals surface area contributed by atoms with E-state index in [0.717, 1.165) is 24.3 Å². The molecule has 6 nitrogen and oxygen atoms in total. The minimum absolute atomic E-state index is 0.0102. The highest BCUT2D eigenvalue weighted by molar-refractivity contribution is 6.31. The van der Waals surface area contributed by atoms with Crippen LogP contribution < -0.4 is 9.47 Å². The molecule has 0 amide bonds. The fourth-order valence-electron chi connectivity index (χ4n) is 2.23. The molecule has 0 bridgehead atoms. The van der Waals surface area contributed by atoms with E-state index in [0.29, 0.717) is 0 Å². The second kappa shape index (κ2) is 8.39. The third-order valence-corrected chi connectivity index (χ3v) is 3.89. The van der Waals surface area contributed by atoms with Crippen LogP contribution in [0.2, 0.25) is 5.02 Å². The van der Waals surface area contributed by atoms with Crippen molar-refractivity contribution < 1.29 is 42.4 Å². The zero-order valence-electron chi connectivity index (χ0n) is 14.3. The van der Waals surface area contributed by atoms with E-state index in [4.69, 9.17) is 26.2 Å². The van der Waals surface area contributed by atoms with E-state index >= 15 is 0 Å².